The minimum atomic E-state index is -0.116. The second-order valence-electron chi connectivity index (χ2n) is 11.8. The maximum atomic E-state index is 13.6. The predicted octanol–water partition coefficient (Wildman–Crippen LogP) is 5.32. The average molecular weight is 608 g/mol. The molecule has 0 bridgehead atoms. The van der Waals surface area contributed by atoms with Crippen LogP contribution in [-0.4, -0.2) is 64.5 Å². The molecule has 1 saturated heterocycles. The van der Waals surface area contributed by atoms with Crippen molar-refractivity contribution in [1.82, 2.24) is 24.8 Å². The van der Waals surface area contributed by atoms with Crippen LogP contribution in [0.2, 0.25) is 0 Å². The number of carbonyl (C=O) groups excluding carboxylic acids is 2. The van der Waals surface area contributed by atoms with E-state index < -0.39 is 0 Å². The van der Waals surface area contributed by atoms with Crippen LogP contribution in [-0.2, 0) is 25.7 Å². The summed E-state index contributed by atoms with van der Waals surface area (Å²) >= 11 is 0. The summed E-state index contributed by atoms with van der Waals surface area (Å²) in [6.07, 6.45) is 8.91. The van der Waals surface area contributed by atoms with Crippen molar-refractivity contribution in [3.63, 3.8) is 0 Å². The van der Waals surface area contributed by atoms with Gasteiger partial charge in [0.1, 0.15) is 11.6 Å². The maximum absolute atomic E-state index is 13.6. The summed E-state index contributed by atoms with van der Waals surface area (Å²) in [5, 5.41) is 9.63. The van der Waals surface area contributed by atoms with Gasteiger partial charge in [-0.25, -0.2) is 4.98 Å². The monoisotopic (exact) mass is 607 g/mol. The van der Waals surface area contributed by atoms with Crippen LogP contribution < -0.4 is 20.7 Å². The first kappa shape index (κ1) is 30.3. The van der Waals surface area contributed by atoms with E-state index in [-0.39, 0.29) is 17.9 Å². The number of aromatic nitrogens is 3. The first-order chi connectivity index (χ1) is 21.9. The second kappa shape index (κ2) is 13.1. The van der Waals surface area contributed by atoms with Gasteiger partial charge in [0.2, 0.25) is 5.95 Å². The minimum Gasteiger partial charge on any atom is -0.495 e. The van der Waals surface area contributed by atoms with Gasteiger partial charge < -0.3 is 30.2 Å². The highest BCUT2D eigenvalue weighted by Crippen LogP contribution is 2.31. The maximum Gasteiger partial charge on any atom is 0.257 e. The molecular formula is C35H41N7O3. The highest BCUT2D eigenvalue weighted by Gasteiger charge is 2.25. The third-order valence-corrected chi connectivity index (χ3v) is 8.84. The Bertz CT molecular complexity index is 1710. The number of methoxy groups -OCH3 is 1. The van der Waals surface area contributed by atoms with E-state index in [1.807, 2.05) is 35.2 Å². The number of anilines is 3. The van der Waals surface area contributed by atoms with Crippen molar-refractivity contribution in [2.24, 2.45) is 0 Å². The lowest BCUT2D eigenvalue weighted by molar-refractivity contribution is 0.0911. The molecule has 0 radical (unpaired) electrons. The number of hydrogen-bond acceptors (Lipinski definition) is 7. The predicted molar refractivity (Wildman–Crippen MR) is 176 cm³/mol. The van der Waals surface area contributed by atoms with E-state index in [1.54, 1.807) is 19.2 Å². The SMILES string of the molecule is CCc1cccc(CC)c1NC(=O)c1ccn2c1CCc1cnc(Nc3ccc(C(=O)NC4CCCN(C)C4)cc3OC)nc1-2. The van der Waals surface area contributed by atoms with Crippen molar-refractivity contribution >= 4 is 29.1 Å². The van der Waals surface area contributed by atoms with Gasteiger partial charge in [0.05, 0.1) is 18.4 Å². The number of likely N-dealkylation sites (N-methyl/N-ethyl adjacent to an activating group) is 1. The summed E-state index contributed by atoms with van der Waals surface area (Å²) < 4.78 is 7.63. The Balaban J connectivity index is 1.21. The Labute approximate surface area is 264 Å². The molecular weight excluding hydrogens is 566 g/mol. The number of piperidine rings is 1. The standard InChI is InChI=1S/C35H41N7O3/c1-5-22-9-7-10-23(6-2)31(22)39-34(44)27-16-18-42-29(27)15-13-25-20-36-35(40-32(25)42)38-28-14-12-24(19-30(28)45-4)33(43)37-26-11-8-17-41(3)21-26/h7,9-10,12,14,16,18-20,26H,5-6,8,11,13,15,17,21H2,1-4H3,(H,37,43)(H,39,44)(H,36,38,40). The number of benzene rings is 2. The third-order valence-electron chi connectivity index (χ3n) is 8.84. The van der Waals surface area contributed by atoms with Crippen molar-refractivity contribution in [2.45, 2.75) is 58.4 Å². The quantitative estimate of drug-likeness (QED) is 0.236. The molecule has 4 aromatic rings. The Morgan fingerprint density at radius 3 is 2.58 bits per heavy atom. The van der Waals surface area contributed by atoms with Gasteiger partial charge in [0.25, 0.3) is 11.8 Å². The molecule has 6 rings (SSSR count). The number of nitrogens with one attached hydrogen (secondary N) is 3. The summed E-state index contributed by atoms with van der Waals surface area (Å²) in [7, 11) is 3.65. The van der Waals surface area contributed by atoms with Gasteiger partial charge in [-0.1, -0.05) is 32.0 Å². The van der Waals surface area contributed by atoms with Gasteiger partial charge in [0.15, 0.2) is 0 Å². The molecule has 234 valence electrons. The number of nitrogens with zero attached hydrogens (tertiary/aromatic N) is 4. The van der Waals surface area contributed by atoms with Crippen LogP contribution in [0.1, 0.15) is 69.8 Å². The zero-order valence-corrected chi connectivity index (χ0v) is 26.4. The summed E-state index contributed by atoms with van der Waals surface area (Å²) in [6, 6.07) is 13.5. The number of amides is 2. The van der Waals surface area contributed by atoms with Crippen LogP contribution in [0.5, 0.6) is 5.75 Å². The molecule has 10 nitrogen and oxygen atoms in total. The Kier molecular flexibility index (Phi) is 8.84. The summed E-state index contributed by atoms with van der Waals surface area (Å²) in [4.78, 5) is 38.2. The smallest absolute Gasteiger partial charge is 0.257 e. The van der Waals surface area contributed by atoms with Crippen molar-refractivity contribution in [3.05, 3.63) is 88.4 Å². The van der Waals surface area contributed by atoms with Crippen molar-refractivity contribution in [2.75, 3.05) is 37.9 Å². The van der Waals surface area contributed by atoms with Gasteiger partial charge in [0, 0.05) is 47.5 Å². The van der Waals surface area contributed by atoms with Crippen LogP contribution in [0.15, 0.2) is 54.9 Å². The molecule has 2 amide bonds. The molecule has 2 aliphatic rings. The van der Waals surface area contributed by atoms with Crippen molar-refractivity contribution < 1.29 is 14.3 Å². The molecule has 4 heterocycles. The number of rotatable bonds is 9. The number of ether oxygens (including phenoxy) is 1. The van der Waals surface area contributed by atoms with Crippen molar-refractivity contribution in [3.8, 4) is 11.6 Å². The zero-order chi connectivity index (χ0) is 31.5. The van der Waals surface area contributed by atoms with Crippen LogP contribution in [0.3, 0.4) is 0 Å². The van der Waals surface area contributed by atoms with Gasteiger partial charge in [-0.2, -0.15) is 4.98 Å². The number of carbonyl (C=O) groups is 2. The second-order valence-corrected chi connectivity index (χ2v) is 11.8. The Hall–Kier alpha value is -4.70. The number of fused-ring (bicyclic) bond motifs is 3. The highest BCUT2D eigenvalue weighted by molar-refractivity contribution is 6.06. The van der Waals surface area contributed by atoms with E-state index in [4.69, 9.17) is 9.72 Å². The molecule has 2 aliphatic heterocycles. The fourth-order valence-corrected chi connectivity index (χ4v) is 6.41. The molecule has 0 aliphatic carbocycles. The zero-order valence-electron chi connectivity index (χ0n) is 26.4. The topological polar surface area (TPSA) is 113 Å². The van der Waals surface area contributed by atoms with Crippen LogP contribution in [0, 0.1) is 0 Å². The summed E-state index contributed by atoms with van der Waals surface area (Å²) in [5.41, 5.74) is 6.94. The fraction of sp³-hybridized carbons (Fsp3) is 0.371. The van der Waals surface area contributed by atoms with E-state index >= 15 is 0 Å². The largest absolute Gasteiger partial charge is 0.495 e. The lowest BCUT2D eigenvalue weighted by Gasteiger charge is -2.30. The molecule has 1 unspecified atom stereocenters. The fourth-order valence-electron chi connectivity index (χ4n) is 6.41. The normalized spacial score (nSPS) is 16.0. The van der Waals surface area contributed by atoms with E-state index in [1.165, 1.54) is 0 Å². The first-order valence-corrected chi connectivity index (χ1v) is 15.8. The van der Waals surface area contributed by atoms with E-state index in [2.05, 4.69) is 58.9 Å². The summed E-state index contributed by atoms with van der Waals surface area (Å²) in [6.45, 7) is 6.11. The molecule has 1 fully saturated rings. The number of hydrogen-bond donors (Lipinski definition) is 3. The van der Waals surface area contributed by atoms with Gasteiger partial charge >= 0.3 is 0 Å². The molecule has 0 saturated carbocycles. The molecule has 2 aromatic carbocycles. The average Bonchev–Trinajstić information content (AvgIpc) is 3.50. The molecule has 0 spiro atoms. The Morgan fingerprint density at radius 2 is 1.84 bits per heavy atom. The van der Waals surface area contributed by atoms with Crippen LogP contribution in [0.4, 0.5) is 17.3 Å². The van der Waals surface area contributed by atoms with Gasteiger partial charge in [-0.15, -0.1) is 0 Å². The third kappa shape index (κ3) is 6.28. The van der Waals surface area contributed by atoms with Crippen LogP contribution in [0.25, 0.3) is 5.82 Å². The molecule has 45 heavy (non-hydrogen) atoms. The van der Waals surface area contributed by atoms with Gasteiger partial charge in [-0.05, 0) is 87.5 Å². The number of para-hydroxylation sites is 1. The van der Waals surface area contributed by atoms with Gasteiger partial charge in [-0.3, -0.25) is 9.59 Å². The highest BCUT2D eigenvalue weighted by atomic mass is 16.5. The molecule has 10 heteroatoms. The number of aryl methyl sites for hydroxylation is 3. The molecule has 2 aromatic heterocycles. The number of likely N-dealkylation sites (tertiary alicyclic amines) is 1. The van der Waals surface area contributed by atoms with E-state index in [9.17, 15) is 9.59 Å². The minimum absolute atomic E-state index is 0.112. The van der Waals surface area contributed by atoms with E-state index in [0.29, 0.717) is 34.9 Å². The molecule has 3 N–H and O–H groups in total. The van der Waals surface area contributed by atoms with E-state index in [0.717, 1.165) is 79.1 Å². The Morgan fingerprint density at radius 1 is 1.04 bits per heavy atom. The first-order valence-electron chi connectivity index (χ1n) is 15.8. The van der Waals surface area contributed by atoms with Crippen molar-refractivity contribution in [1.29, 1.82) is 0 Å². The molecule has 1 atom stereocenters. The summed E-state index contributed by atoms with van der Waals surface area (Å²) in [5.74, 6) is 1.42. The lowest BCUT2D eigenvalue weighted by atomic mass is 10.0. The lowest BCUT2D eigenvalue weighted by Crippen LogP contribution is -2.46. The van der Waals surface area contributed by atoms with Crippen LogP contribution >= 0.6 is 0 Å².